The maximum Gasteiger partial charge on any atom is 0.263 e. The van der Waals surface area contributed by atoms with Crippen molar-refractivity contribution in [2.75, 3.05) is 18.2 Å². The summed E-state index contributed by atoms with van der Waals surface area (Å²) in [6.07, 6.45) is 5.95. The molecule has 12 heteroatoms. The standard InChI is InChI=1S/C28H28ClF2N7O2/c1-14(27-37-18-10-6-9-17(29)20(18)28(39)38(27)15-7-4-3-5-8-15)36-26-21(25(33)34-13-35-26)24(32)16-11-12-19(40-2)23(31)22(16)30/h6,9-15,32H,3-5,7-8H2,1-2H3,(H3,33,34,35,36). The quantitative estimate of drug-likeness (QED) is 0.240. The molecule has 208 valence electrons. The minimum Gasteiger partial charge on any atom is -0.494 e. The van der Waals surface area contributed by atoms with Gasteiger partial charge in [-0.05, 0) is 44.0 Å². The second kappa shape index (κ2) is 11.2. The largest absolute Gasteiger partial charge is 0.494 e. The molecule has 0 amide bonds. The first-order valence-corrected chi connectivity index (χ1v) is 13.3. The highest BCUT2D eigenvalue weighted by Gasteiger charge is 2.27. The summed E-state index contributed by atoms with van der Waals surface area (Å²) in [7, 11) is 1.22. The number of hydrogen-bond donors (Lipinski definition) is 3. The van der Waals surface area contributed by atoms with Crippen LogP contribution in [0.1, 0.15) is 68.1 Å². The Kier molecular flexibility index (Phi) is 7.66. The van der Waals surface area contributed by atoms with Gasteiger partial charge < -0.3 is 15.8 Å². The van der Waals surface area contributed by atoms with Crippen LogP contribution in [0.2, 0.25) is 5.02 Å². The van der Waals surface area contributed by atoms with Crippen LogP contribution < -0.4 is 21.3 Å². The number of hydrogen-bond acceptors (Lipinski definition) is 8. The lowest BCUT2D eigenvalue weighted by Gasteiger charge is -2.29. The number of nitrogens with one attached hydrogen (secondary N) is 2. The van der Waals surface area contributed by atoms with Gasteiger partial charge in [-0.25, -0.2) is 19.3 Å². The highest BCUT2D eigenvalue weighted by Crippen LogP contribution is 2.33. The average molecular weight is 568 g/mol. The summed E-state index contributed by atoms with van der Waals surface area (Å²) in [6, 6.07) is 6.93. The zero-order valence-electron chi connectivity index (χ0n) is 22.0. The Bertz CT molecular complexity index is 1670. The van der Waals surface area contributed by atoms with E-state index in [4.69, 9.17) is 32.5 Å². The first-order chi connectivity index (χ1) is 19.2. The number of nitrogens with zero attached hydrogens (tertiary/aromatic N) is 4. The van der Waals surface area contributed by atoms with Gasteiger partial charge in [0.2, 0.25) is 5.82 Å². The number of fused-ring (bicyclic) bond motifs is 1. The van der Waals surface area contributed by atoms with Crippen molar-refractivity contribution in [2.24, 2.45) is 0 Å². The van der Waals surface area contributed by atoms with E-state index in [0.29, 0.717) is 21.7 Å². The molecule has 0 radical (unpaired) electrons. The predicted molar refractivity (Wildman–Crippen MR) is 150 cm³/mol. The fourth-order valence-corrected chi connectivity index (χ4v) is 5.51. The minimum absolute atomic E-state index is 0.0202. The molecule has 2 heterocycles. The lowest BCUT2D eigenvalue weighted by Crippen LogP contribution is -2.33. The molecular weight excluding hydrogens is 540 g/mol. The summed E-state index contributed by atoms with van der Waals surface area (Å²) in [4.78, 5) is 26.9. The fraction of sp³-hybridized carbons (Fsp3) is 0.321. The lowest BCUT2D eigenvalue weighted by molar-refractivity contribution is 0.334. The van der Waals surface area contributed by atoms with Crippen LogP contribution in [0.25, 0.3) is 10.9 Å². The number of methoxy groups -OCH3 is 1. The van der Waals surface area contributed by atoms with Crippen LogP contribution in [0, 0.1) is 17.0 Å². The number of ether oxygens (including phenoxy) is 1. The predicted octanol–water partition coefficient (Wildman–Crippen LogP) is 5.80. The molecule has 1 atom stereocenters. The van der Waals surface area contributed by atoms with E-state index < -0.39 is 23.4 Å². The lowest BCUT2D eigenvalue weighted by atomic mass is 9.94. The van der Waals surface area contributed by atoms with Crippen molar-refractivity contribution in [3.8, 4) is 5.75 Å². The molecular formula is C28H28ClF2N7O2. The number of nitrogens with two attached hydrogens (primary N) is 1. The second-order valence-electron chi connectivity index (χ2n) is 9.74. The van der Waals surface area contributed by atoms with E-state index in [-0.39, 0.29) is 40.1 Å². The van der Waals surface area contributed by atoms with Gasteiger partial charge in [-0.15, -0.1) is 0 Å². The van der Waals surface area contributed by atoms with Gasteiger partial charge in [-0.2, -0.15) is 4.39 Å². The summed E-state index contributed by atoms with van der Waals surface area (Å²) in [5, 5.41) is 12.6. The molecule has 4 aromatic rings. The van der Waals surface area contributed by atoms with Crippen molar-refractivity contribution in [3.63, 3.8) is 0 Å². The first-order valence-electron chi connectivity index (χ1n) is 12.9. The van der Waals surface area contributed by atoms with Gasteiger partial charge in [0.1, 0.15) is 23.8 Å². The van der Waals surface area contributed by atoms with Gasteiger partial charge in [0.15, 0.2) is 11.6 Å². The Hall–Kier alpha value is -4.12. The normalized spacial score (nSPS) is 14.7. The van der Waals surface area contributed by atoms with Gasteiger partial charge in [0, 0.05) is 11.6 Å². The monoisotopic (exact) mass is 567 g/mol. The third kappa shape index (κ3) is 4.85. The van der Waals surface area contributed by atoms with Gasteiger partial charge in [-0.3, -0.25) is 14.8 Å². The Morgan fingerprint density at radius 2 is 1.93 bits per heavy atom. The SMILES string of the molecule is COc1ccc(C(=N)c2c(N)ncnc2NC(C)c2nc3cccc(Cl)c3c(=O)n2C2CCCCC2)c(F)c1F. The van der Waals surface area contributed by atoms with Crippen LogP contribution in [0.5, 0.6) is 5.75 Å². The van der Waals surface area contributed by atoms with Crippen molar-refractivity contribution in [1.29, 1.82) is 5.41 Å². The van der Waals surface area contributed by atoms with Crippen molar-refractivity contribution >= 4 is 39.9 Å². The van der Waals surface area contributed by atoms with E-state index in [1.807, 2.05) is 0 Å². The zero-order valence-corrected chi connectivity index (χ0v) is 22.7. The number of aromatic nitrogens is 4. The highest BCUT2D eigenvalue weighted by atomic mass is 35.5. The number of rotatable bonds is 7. The Labute approximate surface area is 233 Å². The maximum absolute atomic E-state index is 14.9. The van der Waals surface area contributed by atoms with E-state index in [2.05, 4.69) is 15.3 Å². The Balaban J connectivity index is 1.60. The molecule has 2 aromatic heterocycles. The van der Waals surface area contributed by atoms with E-state index >= 15 is 0 Å². The number of nitrogen functional groups attached to an aromatic ring is 1. The highest BCUT2D eigenvalue weighted by molar-refractivity contribution is 6.35. The number of benzene rings is 2. The van der Waals surface area contributed by atoms with E-state index in [1.165, 1.54) is 25.6 Å². The smallest absolute Gasteiger partial charge is 0.263 e. The van der Waals surface area contributed by atoms with Crippen molar-refractivity contribution in [2.45, 2.75) is 51.1 Å². The summed E-state index contributed by atoms with van der Waals surface area (Å²) in [6.45, 7) is 1.80. The third-order valence-electron chi connectivity index (χ3n) is 7.25. The fourth-order valence-electron chi connectivity index (χ4n) is 5.26. The molecule has 5 rings (SSSR count). The second-order valence-corrected chi connectivity index (χ2v) is 10.1. The van der Waals surface area contributed by atoms with Gasteiger partial charge in [0.05, 0.1) is 40.4 Å². The Morgan fingerprint density at radius 1 is 1.18 bits per heavy atom. The molecule has 4 N–H and O–H groups in total. The molecule has 1 unspecified atom stereocenters. The van der Waals surface area contributed by atoms with Crippen LogP contribution in [-0.4, -0.2) is 32.3 Å². The topological polar surface area (TPSA) is 132 Å². The summed E-state index contributed by atoms with van der Waals surface area (Å²) in [5.74, 6) is -2.31. The maximum atomic E-state index is 14.9. The number of anilines is 2. The Morgan fingerprint density at radius 3 is 2.65 bits per heavy atom. The molecule has 40 heavy (non-hydrogen) atoms. The zero-order chi connectivity index (χ0) is 28.6. The summed E-state index contributed by atoms with van der Waals surface area (Å²) in [5.41, 5.74) is 5.57. The molecule has 2 aromatic carbocycles. The van der Waals surface area contributed by atoms with Crippen LogP contribution in [0.15, 0.2) is 41.5 Å². The molecule has 0 spiro atoms. The van der Waals surface area contributed by atoms with Crippen LogP contribution >= 0.6 is 11.6 Å². The molecule has 0 bridgehead atoms. The van der Waals surface area contributed by atoms with Gasteiger partial charge in [0.25, 0.3) is 5.56 Å². The average Bonchev–Trinajstić information content (AvgIpc) is 2.94. The van der Waals surface area contributed by atoms with Crippen LogP contribution in [0.4, 0.5) is 20.4 Å². The number of halogens is 3. The molecule has 1 saturated carbocycles. The van der Waals surface area contributed by atoms with E-state index in [1.54, 1.807) is 29.7 Å². The summed E-state index contributed by atoms with van der Waals surface area (Å²) < 4.78 is 35.9. The van der Waals surface area contributed by atoms with E-state index in [0.717, 1.165) is 32.1 Å². The molecule has 1 aliphatic rings. The summed E-state index contributed by atoms with van der Waals surface area (Å²) >= 11 is 6.42. The van der Waals surface area contributed by atoms with Crippen molar-refractivity contribution in [1.82, 2.24) is 19.5 Å². The van der Waals surface area contributed by atoms with Crippen molar-refractivity contribution < 1.29 is 13.5 Å². The third-order valence-corrected chi connectivity index (χ3v) is 7.56. The van der Waals surface area contributed by atoms with Crippen LogP contribution in [0.3, 0.4) is 0 Å². The van der Waals surface area contributed by atoms with Gasteiger partial charge in [-0.1, -0.05) is 36.9 Å². The van der Waals surface area contributed by atoms with Gasteiger partial charge >= 0.3 is 0 Å². The van der Waals surface area contributed by atoms with E-state index in [9.17, 15) is 13.6 Å². The minimum atomic E-state index is -1.26. The first kappa shape index (κ1) is 27.4. The molecule has 1 fully saturated rings. The molecule has 0 aliphatic heterocycles. The van der Waals surface area contributed by atoms with Crippen molar-refractivity contribution in [3.05, 3.63) is 80.6 Å². The van der Waals surface area contributed by atoms with Crippen LogP contribution in [-0.2, 0) is 0 Å². The molecule has 1 aliphatic carbocycles. The molecule has 0 saturated heterocycles. The molecule has 9 nitrogen and oxygen atoms in total.